The molecule has 2 aromatic heterocycles. The Balaban J connectivity index is 1.37. The Kier molecular flexibility index (Phi) is 5.74. The van der Waals surface area contributed by atoms with Crippen LogP contribution in [0.5, 0.6) is 5.75 Å². The van der Waals surface area contributed by atoms with Crippen molar-refractivity contribution in [1.82, 2.24) is 14.9 Å². The number of nitrogens with zero attached hydrogens (tertiary/aromatic N) is 2. The van der Waals surface area contributed by atoms with Crippen molar-refractivity contribution in [3.05, 3.63) is 107 Å². The first kappa shape index (κ1) is 20.9. The second-order valence-electron chi connectivity index (χ2n) is 8.98. The number of aromatic nitrogens is 2. The van der Waals surface area contributed by atoms with E-state index in [0.717, 1.165) is 55.5 Å². The Bertz CT molecular complexity index is 1430. The summed E-state index contributed by atoms with van der Waals surface area (Å²) >= 11 is 0. The molecule has 3 aromatic carbocycles. The summed E-state index contributed by atoms with van der Waals surface area (Å²) in [5, 5.41) is 6.10. The van der Waals surface area contributed by atoms with Gasteiger partial charge in [-0.3, -0.25) is 4.98 Å². The SMILES string of the molecule is c1ccc(Cc2cccc3c2c(CCOc2cccc4cccnc24)c2n3CCNCC2)cc1. The zero-order chi connectivity index (χ0) is 22.7. The number of hydrogen-bond donors (Lipinski definition) is 1. The third kappa shape index (κ3) is 3.95. The van der Waals surface area contributed by atoms with E-state index in [-0.39, 0.29) is 0 Å². The number of rotatable bonds is 6. The van der Waals surface area contributed by atoms with Gasteiger partial charge in [-0.2, -0.15) is 0 Å². The standard InChI is InChI=1S/C30H29N3O/c1-2-7-22(8-3-1)21-24-10-4-12-27-29(24)25(26-14-17-31-18-19-33(26)27)15-20-34-28-13-5-9-23-11-6-16-32-30(23)28/h1-13,16,31H,14-15,17-21H2. The van der Waals surface area contributed by atoms with Crippen molar-refractivity contribution < 1.29 is 4.74 Å². The number of benzene rings is 3. The van der Waals surface area contributed by atoms with Crippen molar-refractivity contribution in [3.8, 4) is 5.75 Å². The van der Waals surface area contributed by atoms with Crippen LogP contribution in [0, 0.1) is 0 Å². The number of hydrogen-bond acceptors (Lipinski definition) is 3. The van der Waals surface area contributed by atoms with Gasteiger partial charge in [0.1, 0.15) is 11.3 Å². The summed E-state index contributed by atoms with van der Waals surface area (Å²) < 4.78 is 8.87. The molecule has 4 heteroatoms. The van der Waals surface area contributed by atoms with Gasteiger partial charge >= 0.3 is 0 Å². The van der Waals surface area contributed by atoms with Gasteiger partial charge in [-0.25, -0.2) is 0 Å². The molecule has 0 aliphatic carbocycles. The highest BCUT2D eigenvalue weighted by Gasteiger charge is 2.21. The van der Waals surface area contributed by atoms with Crippen LogP contribution < -0.4 is 10.1 Å². The highest BCUT2D eigenvalue weighted by Crippen LogP contribution is 2.32. The van der Waals surface area contributed by atoms with Crippen LogP contribution in [0.3, 0.4) is 0 Å². The normalized spacial score (nSPS) is 13.6. The molecule has 1 N–H and O–H groups in total. The van der Waals surface area contributed by atoms with Crippen LogP contribution in [0.25, 0.3) is 21.8 Å². The monoisotopic (exact) mass is 447 g/mol. The third-order valence-electron chi connectivity index (χ3n) is 6.89. The van der Waals surface area contributed by atoms with Crippen LogP contribution in [0.4, 0.5) is 0 Å². The lowest BCUT2D eigenvalue weighted by atomic mass is 9.97. The van der Waals surface area contributed by atoms with E-state index in [1.54, 1.807) is 0 Å². The summed E-state index contributed by atoms with van der Waals surface area (Å²) in [5.74, 6) is 0.860. The van der Waals surface area contributed by atoms with Gasteiger partial charge in [-0.05, 0) is 41.3 Å². The van der Waals surface area contributed by atoms with Gasteiger partial charge in [-0.1, -0.05) is 60.7 Å². The molecule has 0 bridgehead atoms. The largest absolute Gasteiger partial charge is 0.491 e. The summed E-state index contributed by atoms with van der Waals surface area (Å²) in [6.07, 6.45) is 4.71. The molecule has 4 nitrogen and oxygen atoms in total. The Labute approximate surface area is 200 Å². The minimum absolute atomic E-state index is 0.634. The molecule has 3 heterocycles. The van der Waals surface area contributed by atoms with E-state index in [0.29, 0.717) is 6.61 Å². The zero-order valence-corrected chi connectivity index (χ0v) is 19.3. The van der Waals surface area contributed by atoms with Crippen molar-refractivity contribution in [2.45, 2.75) is 25.8 Å². The predicted molar refractivity (Wildman–Crippen MR) is 139 cm³/mol. The second kappa shape index (κ2) is 9.32. The maximum atomic E-state index is 6.33. The Hall–Kier alpha value is -3.63. The molecule has 170 valence electrons. The first-order valence-electron chi connectivity index (χ1n) is 12.2. The molecule has 0 saturated carbocycles. The molecule has 6 rings (SSSR count). The molecule has 0 amide bonds. The topological polar surface area (TPSA) is 39.1 Å². The minimum Gasteiger partial charge on any atom is -0.491 e. The highest BCUT2D eigenvalue weighted by molar-refractivity contribution is 5.89. The fourth-order valence-electron chi connectivity index (χ4n) is 5.36. The van der Waals surface area contributed by atoms with Crippen molar-refractivity contribution in [3.63, 3.8) is 0 Å². The van der Waals surface area contributed by atoms with Gasteiger partial charge in [0.05, 0.1) is 6.61 Å². The lowest BCUT2D eigenvalue weighted by Crippen LogP contribution is -2.17. The second-order valence-corrected chi connectivity index (χ2v) is 8.98. The molecular formula is C30H29N3O. The molecule has 34 heavy (non-hydrogen) atoms. The van der Waals surface area contributed by atoms with Crippen molar-refractivity contribution in [2.75, 3.05) is 19.7 Å². The van der Waals surface area contributed by atoms with Gasteiger partial charge in [0.15, 0.2) is 0 Å². The summed E-state index contributed by atoms with van der Waals surface area (Å²) in [6.45, 7) is 3.67. The number of ether oxygens (including phenoxy) is 1. The molecular weight excluding hydrogens is 418 g/mol. The summed E-state index contributed by atoms with van der Waals surface area (Å²) in [4.78, 5) is 4.55. The minimum atomic E-state index is 0.634. The number of nitrogens with one attached hydrogen (secondary N) is 1. The van der Waals surface area contributed by atoms with Gasteiger partial charge in [0.2, 0.25) is 0 Å². The number of pyridine rings is 1. The first-order valence-corrected chi connectivity index (χ1v) is 12.2. The fourth-order valence-corrected chi connectivity index (χ4v) is 5.36. The van der Waals surface area contributed by atoms with Crippen LogP contribution >= 0.6 is 0 Å². The predicted octanol–water partition coefficient (Wildman–Crippen LogP) is 5.55. The smallest absolute Gasteiger partial charge is 0.145 e. The maximum absolute atomic E-state index is 6.33. The van der Waals surface area contributed by atoms with E-state index >= 15 is 0 Å². The van der Waals surface area contributed by atoms with Gasteiger partial charge < -0.3 is 14.6 Å². The molecule has 0 fully saturated rings. The van der Waals surface area contributed by atoms with Gasteiger partial charge in [-0.15, -0.1) is 0 Å². The lowest BCUT2D eigenvalue weighted by Gasteiger charge is -2.11. The summed E-state index contributed by atoms with van der Waals surface area (Å²) in [5.41, 5.74) is 7.94. The quantitative estimate of drug-likeness (QED) is 0.371. The van der Waals surface area contributed by atoms with E-state index in [2.05, 4.69) is 75.5 Å². The molecule has 0 saturated heterocycles. The average molecular weight is 448 g/mol. The van der Waals surface area contributed by atoms with E-state index < -0.39 is 0 Å². The fraction of sp³-hybridized carbons (Fsp3) is 0.233. The van der Waals surface area contributed by atoms with E-state index in [9.17, 15) is 0 Å². The molecule has 1 aliphatic rings. The first-order chi connectivity index (χ1) is 16.9. The van der Waals surface area contributed by atoms with Crippen LogP contribution in [0.2, 0.25) is 0 Å². The van der Waals surface area contributed by atoms with Crippen molar-refractivity contribution in [2.24, 2.45) is 0 Å². The van der Waals surface area contributed by atoms with E-state index in [1.165, 1.54) is 33.3 Å². The highest BCUT2D eigenvalue weighted by atomic mass is 16.5. The zero-order valence-electron chi connectivity index (χ0n) is 19.3. The molecule has 0 unspecified atom stereocenters. The molecule has 0 atom stereocenters. The van der Waals surface area contributed by atoms with Crippen LogP contribution in [-0.2, 0) is 25.8 Å². The lowest BCUT2D eigenvalue weighted by molar-refractivity contribution is 0.325. The molecule has 5 aromatic rings. The number of fused-ring (bicyclic) bond motifs is 4. The van der Waals surface area contributed by atoms with Gasteiger partial charge in [0, 0.05) is 60.7 Å². The van der Waals surface area contributed by atoms with Gasteiger partial charge in [0.25, 0.3) is 0 Å². The van der Waals surface area contributed by atoms with Crippen LogP contribution in [0.1, 0.15) is 22.4 Å². The van der Waals surface area contributed by atoms with E-state index in [1.807, 2.05) is 24.4 Å². The average Bonchev–Trinajstić information content (AvgIpc) is 3.01. The third-order valence-corrected chi connectivity index (χ3v) is 6.89. The Morgan fingerprint density at radius 2 is 1.76 bits per heavy atom. The van der Waals surface area contributed by atoms with E-state index in [4.69, 9.17) is 4.74 Å². The Morgan fingerprint density at radius 1 is 0.882 bits per heavy atom. The van der Waals surface area contributed by atoms with Crippen molar-refractivity contribution >= 4 is 21.8 Å². The maximum Gasteiger partial charge on any atom is 0.145 e. The van der Waals surface area contributed by atoms with Crippen LogP contribution in [-0.4, -0.2) is 29.2 Å². The summed E-state index contributed by atoms with van der Waals surface area (Å²) in [6, 6.07) is 27.8. The van der Waals surface area contributed by atoms with Crippen molar-refractivity contribution in [1.29, 1.82) is 0 Å². The summed E-state index contributed by atoms with van der Waals surface area (Å²) in [7, 11) is 0. The van der Waals surface area contributed by atoms with Crippen LogP contribution in [0.15, 0.2) is 85.1 Å². The molecule has 0 radical (unpaired) electrons. The molecule has 1 aliphatic heterocycles. The Morgan fingerprint density at radius 3 is 2.71 bits per heavy atom. The number of para-hydroxylation sites is 1. The molecule has 0 spiro atoms.